The quantitative estimate of drug-likeness (QED) is 0.257. The smallest absolute Gasteiger partial charge is 0.351 e. The number of aryl methyl sites for hydroxylation is 2. The Morgan fingerprint density at radius 2 is 1.74 bits per heavy atom. The first kappa shape index (κ1) is 33.4. The summed E-state index contributed by atoms with van der Waals surface area (Å²) in [5.74, 6) is -5.49. The molecule has 1 N–H and O–H groups in total. The fraction of sp³-hybridized carbons (Fsp3) is 0.571. The summed E-state index contributed by atoms with van der Waals surface area (Å²) in [5, 5.41) is 3.32. The molecule has 2 fully saturated rings. The van der Waals surface area contributed by atoms with Gasteiger partial charge in [0.05, 0.1) is 22.6 Å². The van der Waals surface area contributed by atoms with E-state index in [-0.39, 0.29) is 72.9 Å². The minimum absolute atomic E-state index is 0.0120. The fourth-order valence-electron chi connectivity index (χ4n) is 7.58. The Bertz CT molecular complexity index is 1760. The lowest BCUT2D eigenvalue weighted by Gasteiger charge is -2.39. The molecule has 8 heterocycles. The van der Waals surface area contributed by atoms with Crippen molar-refractivity contribution in [2.75, 3.05) is 31.6 Å². The molecule has 0 saturated carbocycles. The van der Waals surface area contributed by atoms with Gasteiger partial charge in [-0.1, -0.05) is 37.1 Å². The summed E-state index contributed by atoms with van der Waals surface area (Å²) in [4.78, 5) is 33.8. The summed E-state index contributed by atoms with van der Waals surface area (Å²) in [7, 11) is 1.50. The highest BCUT2D eigenvalue weighted by Gasteiger charge is 2.45. The molecular formula is C35H43F4N5O3. The van der Waals surface area contributed by atoms with Crippen molar-refractivity contribution >= 4 is 16.9 Å². The first-order valence-electron chi connectivity index (χ1n) is 16.7. The van der Waals surface area contributed by atoms with Crippen molar-refractivity contribution in [1.82, 2.24) is 19.0 Å². The molecule has 9 rings (SSSR count). The molecule has 8 nitrogen and oxygen atoms in total. The monoisotopic (exact) mass is 657 g/mol. The molecular weight excluding hydrogens is 614 g/mol. The van der Waals surface area contributed by atoms with Gasteiger partial charge in [-0.05, 0) is 51.8 Å². The lowest BCUT2D eigenvalue weighted by atomic mass is 9.84. The lowest BCUT2D eigenvalue weighted by molar-refractivity contribution is -0.0907. The van der Waals surface area contributed by atoms with Crippen molar-refractivity contribution in [2.24, 2.45) is 13.0 Å². The highest BCUT2D eigenvalue weighted by Crippen LogP contribution is 2.44. The number of hydrogen-bond donors (Lipinski definition) is 1. The molecule has 2 aromatic heterocycles. The molecule has 0 aliphatic carbocycles. The Labute approximate surface area is 271 Å². The lowest BCUT2D eigenvalue weighted by Crippen LogP contribution is -2.43. The van der Waals surface area contributed by atoms with E-state index in [4.69, 9.17) is 4.74 Å². The number of halogens is 4. The van der Waals surface area contributed by atoms with Crippen molar-refractivity contribution in [3.63, 3.8) is 0 Å². The van der Waals surface area contributed by atoms with Gasteiger partial charge >= 0.3 is 5.69 Å². The molecule has 3 aromatic rings. The Morgan fingerprint density at radius 3 is 2.45 bits per heavy atom. The van der Waals surface area contributed by atoms with Crippen molar-refractivity contribution in [3.8, 4) is 0 Å². The van der Waals surface area contributed by atoms with Crippen LogP contribution in [0.5, 0.6) is 0 Å². The van der Waals surface area contributed by atoms with Crippen molar-refractivity contribution in [3.05, 3.63) is 80.3 Å². The summed E-state index contributed by atoms with van der Waals surface area (Å²) in [6, 6.07) is 4.46. The van der Waals surface area contributed by atoms with Gasteiger partial charge in [-0.25, -0.2) is 22.4 Å². The second-order valence-electron chi connectivity index (χ2n) is 13.3. The number of nitrogens with one attached hydrogen (secondary N) is 1. The number of nitrogens with zero attached hydrogens (tertiary/aromatic N) is 4. The molecule has 12 heteroatoms. The summed E-state index contributed by atoms with van der Waals surface area (Å²) >= 11 is 0. The van der Waals surface area contributed by atoms with Crippen LogP contribution in [0.3, 0.4) is 0 Å². The van der Waals surface area contributed by atoms with Gasteiger partial charge in [0.2, 0.25) is 0 Å². The van der Waals surface area contributed by atoms with Crippen LogP contribution in [0.15, 0.2) is 46.5 Å². The normalized spacial score (nSPS) is 26.5. The molecule has 0 radical (unpaired) electrons. The summed E-state index contributed by atoms with van der Waals surface area (Å²) in [5.41, 5.74) is -3.77. The maximum atomic E-state index is 16.3. The van der Waals surface area contributed by atoms with Crippen molar-refractivity contribution in [2.45, 2.75) is 88.5 Å². The van der Waals surface area contributed by atoms with Gasteiger partial charge in [-0.15, -0.1) is 6.58 Å². The zero-order valence-electron chi connectivity index (χ0n) is 27.0. The van der Waals surface area contributed by atoms with Crippen LogP contribution in [0.2, 0.25) is 0 Å². The van der Waals surface area contributed by atoms with Crippen molar-refractivity contribution < 1.29 is 22.3 Å². The third-order valence-corrected chi connectivity index (χ3v) is 10.5. The fourth-order valence-corrected chi connectivity index (χ4v) is 7.58. The van der Waals surface area contributed by atoms with Crippen LogP contribution in [-0.2, 0) is 29.9 Å². The predicted molar refractivity (Wildman–Crippen MR) is 173 cm³/mol. The third-order valence-electron chi connectivity index (χ3n) is 10.5. The SMILES string of the molecule is C=C[C@H]1Nc2nc(=O)n(c3c2cc(C2(F)CCOCC2)c(=O)n3C)CCCCCC(C)N2CCC(CC2)C(F)(F)c2cccc1c2F. The van der Waals surface area contributed by atoms with Crippen LogP contribution < -0.4 is 16.6 Å². The van der Waals surface area contributed by atoms with Crippen LogP contribution in [0.1, 0.15) is 81.0 Å². The predicted octanol–water partition coefficient (Wildman–Crippen LogP) is 6.32. The van der Waals surface area contributed by atoms with E-state index in [1.807, 2.05) is 0 Å². The zero-order valence-corrected chi connectivity index (χ0v) is 27.0. The first-order valence-corrected chi connectivity index (χ1v) is 16.7. The van der Waals surface area contributed by atoms with E-state index < -0.39 is 46.2 Å². The molecule has 47 heavy (non-hydrogen) atoms. The van der Waals surface area contributed by atoms with E-state index in [9.17, 15) is 9.59 Å². The number of rotatable bonds is 2. The highest BCUT2D eigenvalue weighted by atomic mass is 19.3. The average Bonchev–Trinajstić information content (AvgIpc) is 3.06. The highest BCUT2D eigenvalue weighted by molar-refractivity contribution is 5.88. The van der Waals surface area contributed by atoms with Crippen LogP contribution >= 0.6 is 0 Å². The summed E-state index contributed by atoms with van der Waals surface area (Å²) < 4.78 is 72.6. The number of benzene rings is 1. The van der Waals surface area contributed by atoms with Gasteiger partial charge in [0, 0.05) is 57.2 Å². The number of hydrogen-bond acceptors (Lipinski definition) is 6. The average molecular weight is 658 g/mol. The second-order valence-corrected chi connectivity index (χ2v) is 13.3. The Morgan fingerprint density at radius 1 is 1.02 bits per heavy atom. The molecule has 2 atom stereocenters. The number of anilines is 1. The first-order chi connectivity index (χ1) is 22.5. The van der Waals surface area contributed by atoms with Gasteiger partial charge in [0.25, 0.3) is 11.5 Å². The van der Waals surface area contributed by atoms with Gasteiger partial charge in [-0.3, -0.25) is 13.9 Å². The molecule has 6 aliphatic heterocycles. The molecule has 0 spiro atoms. The van der Waals surface area contributed by atoms with Crippen molar-refractivity contribution in [1.29, 1.82) is 0 Å². The van der Waals surface area contributed by atoms with Gasteiger partial charge in [-0.2, -0.15) is 4.98 Å². The summed E-state index contributed by atoms with van der Waals surface area (Å²) in [6.45, 7) is 7.54. The summed E-state index contributed by atoms with van der Waals surface area (Å²) in [6.07, 6.45) is 5.02. The molecule has 6 bridgehead atoms. The number of pyridine rings is 1. The number of ether oxygens (including phenoxy) is 1. The van der Waals surface area contributed by atoms with Crippen LogP contribution in [0.25, 0.3) is 11.0 Å². The Kier molecular flexibility index (Phi) is 9.37. The van der Waals surface area contributed by atoms with Gasteiger partial charge in [0.1, 0.15) is 23.0 Å². The van der Waals surface area contributed by atoms with E-state index in [1.165, 1.54) is 40.5 Å². The van der Waals surface area contributed by atoms with E-state index in [0.29, 0.717) is 26.1 Å². The van der Waals surface area contributed by atoms with Gasteiger partial charge < -0.3 is 15.0 Å². The number of piperidine rings is 1. The molecule has 6 aliphatic rings. The minimum Gasteiger partial charge on any atom is -0.381 e. The van der Waals surface area contributed by atoms with E-state index >= 15 is 17.6 Å². The molecule has 2 saturated heterocycles. The molecule has 0 amide bonds. The van der Waals surface area contributed by atoms with Crippen LogP contribution in [-0.4, -0.2) is 51.4 Å². The third kappa shape index (κ3) is 6.14. The Balaban J connectivity index is 1.52. The largest absolute Gasteiger partial charge is 0.381 e. The number of aromatic nitrogens is 3. The maximum absolute atomic E-state index is 16.3. The molecule has 1 unspecified atom stereocenters. The number of alkyl halides is 3. The van der Waals surface area contributed by atoms with Crippen LogP contribution in [0, 0.1) is 11.7 Å². The molecule has 1 aromatic carbocycles. The van der Waals surface area contributed by atoms with E-state index in [2.05, 4.69) is 28.7 Å². The standard InChI is InChI=1S/C35H43F4N5O3/c1-4-28-24-10-8-11-26(29(24)36)35(38,39)23-12-17-43(18-13-23)22(2)9-6-5-7-16-44-31-25(30(40-28)41-33(44)46)21-27(32(45)42(31)3)34(37)14-19-47-20-15-34/h4,8,10-11,21-23,28H,1,5-7,9,12-20H2,2-3H3,(H,40,41,46)/t22?,28-/m1/s1. The molecule has 254 valence electrons. The van der Waals surface area contributed by atoms with Crippen LogP contribution in [0.4, 0.5) is 23.4 Å². The Hall–Kier alpha value is -3.51. The van der Waals surface area contributed by atoms with Gasteiger partial charge in [0.15, 0.2) is 0 Å². The zero-order chi connectivity index (χ0) is 33.5. The maximum Gasteiger partial charge on any atom is 0.351 e. The second kappa shape index (κ2) is 13.2. The minimum atomic E-state index is -3.40. The topological polar surface area (TPSA) is 81.4 Å². The van der Waals surface area contributed by atoms with E-state index in [0.717, 1.165) is 25.3 Å². The van der Waals surface area contributed by atoms with E-state index in [1.54, 1.807) is 0 Å².